The third-order valence-electron chi connectivity index (χ3n) is 8.33. The molecular weight excluding hydrogens is 420 g/mol. The van der Waals surface area contributed by atoms with Gasteiger partial charge < -0.3 is 20.6 Å². The summed E-state index contributed by atoms with van der Waals surface area (Å²) in [5.74, 6) is 3.89. The molecule has 2 saturated carbocycles. The van der Waals surface area contributed by atoms with Crippen LogP contribution in [0.25, 0.3) is 33.6 Å². The third-order valence-corrected chi connectivity index (χ3v) is 8.33. The van der Waals surface area contributed by atoms with Crippen LogP contribution in [0.4, 0.5) is 0 Å². The molecule has 2 aliphatic carbocycles. The average Bonchev–Trinajstić information content (AvgIpc) is 3.46. The van der Waals surface area contributed by atoms with Crippen LogP contribution in [0.3, 0.4) is 0 Å². The smallest absolute Gasteiger partial charge is 0.123 e. The molecule has 0 radical (unpaired) electrons. The molecule has 4 aliphatic rings. The van der Waals surface area contributed by atoms with Crippen LogP contribution in [-0.2, 0) is 0 Å². The number of hydrogen-bond donors (Lipinski definition) is 4. The van der Waals surface area contributed by atoms with Gasteiger partial charge >= 0.3 is 0 Å². The molecule has 8 rings (SSSR count). The summed E-state index contributed by atoms with van der Waals surface area (Å²) in [5, 5.41) is 7.34. The first-order chi connectivity index (χ1) is 16.8. The first-order valence-corrected chi connectivity index (χ1v) is 12.6. The van der Waals surface area contributed by atoms with E-state index in [-0.39, 0.29) is 0 Å². The molecule has 0 spiro atoms. The molecule has 6 atom stereocenters. The van der Waals surface area contributed by atoms with Crippen molar-refractivity contribution in [2.24, 2.45) is 11.8 Å². The third kappa shape index (κ3) is 3.24. The molecule has 2 aromatic carbocycles. The van der Waals surface area contributed by atoms with Gasteiger partial charge in [0.25, 0.3) is 0 Å². The summed E-state index contributed by atoms with van der Waals surface area (Å²) in [6.07, 6.45) is 9.04. The first-order valence-electron chi connectivity index (χ1n) is 12.6. The molecule has 6 nitrogen and oxygen atoms in total. The molecule has 0 amide bonds. The lowest BCUT2D eigenvalue weighted by molar-refractivity contribution is 0.543. The highest BCUT2D eigenvalue weighted by Gasteiger charge is 2.47. The van der Waals surface area contributed by atoms with Gasteiger partial charge in [0.05, 0.1) is 35.9 Å². The van der Waals surface area contributed by atoms with Gasteiger partial charge in [0.1, 0.15) is 11.6 Å². The quantitative estimate of drug-likeness (QED) is 0.347. The molecule has 2 saturated heterocycles. The van der Waals surface area contributed by atoms with E-state index in [2.05, 4.69) is 79.1 Å². The zero-order valence-electron chi connectivity index (χ0n) is 19.0. The Morgan fingerprint density at radius 3 is 1.32 bits per heavy atom. The second-order valence-electron chi connectivity index (χ2n) is 10.6. The Kier molecular flexibility index (Phi) is 4.02. The van der Waals surface area contributed by atoms with Gasteiger partial charge in [0.2, 0.25) is 0 Å². The number of H-pyrrole nitrogens is 2. The van der Waals surface area contributed by atoms with Crippen molar-refractivity contribution >= 4 is 0 Å². The van der Waals surface area contributed by atoms with Crippen LogP contribution in [0.15, 0.2) is 60.9 Å². The molecule has 170 valence electrons. The van der Waals surface area contributed by atoms with Crippen LogP contribution in [-0.4, -0.2) is 32.0 Å². The molecular formula is C28H28N6. The van der Waals surface area contributed by atoms with Crippen molar-refractivity contribution in [2.45, 2.75) is 49.9 Å². The fourth-order valence-corrected chi connectivity index (χ4v) is 6.07. The van der Waals surface area contributed by atoms with Gasteiger partial charge in [-0.05, 0) is 59.8 Å². The normalized spacial score (nSPS) is 30.8. The van der Waals surface area contributed by atoms with Crippen molar-refractivity contribution in [1.82, 2.24) is 30.6 Å². The molecule has 2 aromatic heterocycles. The maximum Gasteiger partial charge on any atom is 0.123 e. The zero-order valence-corrected chi connectivity index (χ0v) is 19.0. The molecule has 4 fully saturated rings. The Morgan fingerprint density at radius 2 is 0.941 bits per heavy atom. The second kappa shape index (κ2) is 7.14. The lowest BCUT2D eigenvalue weighted by Gasteiger charge is -2.09. The van der Waals surface area contributed by atoms with E-state index in [4.69, 9.17) is 0 Å². The number of nitrogens with zero attached hydrogens (tertiary/aromatic N) is 2. The van der Waals surface area contributed by atoms with Crippen LogP contribution in [0.5, 0.6) is 0 Å². The maximum atomic E-state index is 4.65. The van der Waals surface area contributed by atoms with E-state index in [0.29, 0.717) is 12.1 Å². The van der Waals surface area contributed by atoms with E-state index in [0.717, 1.165) is 47.0 Å². The van der Waals surface area contributed by atoms with Crippen molar-refractivity contribution in [1.29, 1.82) is 0 Å². The summed E-state index contributed by atoms with van der Waals surface area (Å²) in [6.45, 7) is 0. The number of piperidine rings is 2. The number of fused-ring (bicyclic) bond motifs is 2. The van der Waals surface area contributed by atoms with Crippen LogP contribution in [0.1, 0.15) is 49.4 Å². The number of aromatic nitrogens is 4. The predicted molar refractivity (Wildman–Crippen MR) is 132 cm³/mol. The van der Waals surface area contributed by atoms with Crippen molar-refractivity contribution in [3.05, 3.63) is 72.6 Å². The second-order valence-corrected chi connectivity index (χ2v) is 10.6. The average molecular weight is 449 g/mol. The van der Waals surface area contributed by atoms with Gasteiger partial charge in [-0.15, -0.1) is 0 Å². The van der Waals surface area contributed by atoms with Crippen LogP contribution in [0, 0.1) is 11.8 Å². The van der Waals surface area contributed by atoms with Gasteiger partial charge in [-0.2, -0.15) is 0 Å². The SMILES string of the molecule is c1cc(-c2cnc(C3CC4C[C@@H]4N3)[nH]2)ccc1-c1ccc(-c2cnc(C3CC4C[C@@H]4N3)[nH]2)cc1. The summed E-state index contributed by atoms with van der Waals surface area (Å²) in [7, 11) is 0. The fourth-order valence-electron chi connectivity index (χ4n) is 6.07. The van der Waals surface area contributed by atoms with Gasteiger partial charge in [-0.3, -0.25) is 0 Å². The first kappa shape index (κ1) is 19.1. The van der Waals surface area contributed by atoms with E-state index in [1.165, 1.54) is 47.9 Å². The summed E-state index contributed by atoms with van der Waals surface area (Å²) >= 11 is 0. The van der Waals surface area contributed by atoms with Crippen LogP contribution >= 0.6 is 0 Å². The Bertz CT molecular complexity index is 1220. The summed E-state index contributed by atoms with van der Waals surface area (Å²) in [6, 6.07) is 19.7. The summed E-state index contributed by atoms with van der Waals surface area (Å²) < 4.78 is 0. The number of nitrogens with one attached hydrogen (secondary N) is 4. The minimum absolute atomic E-state index is 0.390. The molecule has 2 aliphatic heterocycles. The highest BCUT2D eigenvalue weighted by Crippen LogP contribution is 2.46. The van der Waals surface area contributed by atoms with E-state index < -0.39 is 0 Å². The zero-order chi connectivity index (χ0) is 22.2. The minimum Gasteiger partial charge on any atom is -0.341 e. The lowest BCUT2D eigenvalue weighted by atomic mass is 10.0. The predicted octanol–water partition coefficient (Wildman–Crippen LogP) is 4.98. The summed E-state index contributed by atoms with van der Waals surface area (Å²) in [4.78, 5) is 16.4. The number of imidazole rings is 2. The molecule has 0 bridgehead atoms. The highest BCUT2D eigenvalue weighted by atomic mass is 15.1. The molecule has 4 N–H and O–H groups in total. The summed E-state index contributed by atoms with van der Waals surface area (Å²) in [5.41, 5.74) is 6.95. The van der Waals surface area contributed by atoms with E-state index in [1.807, 2.05) is 12.4 Å². The monoisotopic (exact) mass is 448 g/mol. The lowest BCUT2D eigenvalue weighted by Crippen LogP contribution is -2.18. The number of hydrogen-bond acceptors (Lipinski definition) is 4. The molecule has 4 heterocycles. The Hall–Kier alpha value is -3.22. The van der Waals surface area contributed by atoms with Crippen molar-refractivity contribution in [3.63, 3.8) is 0 Å². The van der Waals surface area contributed by atoms with Gasteiger partial charge in [-0.25, -0.2) is 9.97 Å². The highest BCUT2D eigenvalue weighted by molar-refractivity contribution is 5.71. The van der Waals surface area contributed by atoms with Gasteiger partial charge in [0, 0.05) is 12.1 Å². The van der Waals surface area contributed by atoms with Crippen molar-refractivity contribution in [2.75, 3.05) is 0 Å². The fraction of sp³-hybridized carbons (Fsp3) is 0.357. The van der Waals surface area contributed by atoms with E-state index >= 15 is 0 Å². The molecule has 4 aromatic rings. The Labute approximate surface area is 198 Å². The van der Waals surface area contributed by atoms with Crippen LogP contribution in [0.2, 0.25) is 0 Å². The number of benzene rings is 2. The van der Waals surface area contributed by atoms with Crippen LogP contribution < -0.4 is 10.6 Å². The Balaban J connectivity index is 0.972. The largest absolute Gasteiger partial charge is 0.341 e. The number of aromatic amines is 2. The van der Waals surface area contributed by atoms with E-state index in [9.17, 15) is 0 Å². The van der Waals surface area contributed by atoms with E-state index in [1.54, 1.807) is 0 Å². The van der Waals surface area contributed by atoms with Crippen molar-refractivity contribution < 1.29 is 0 Å². The standard InChI is InChI=1S/C28H28N6/c1-5-17(25-13-29-27(33-25)23-11-19-9-21(19)31-23)6-2-15(1)16-3-7-18(8-4-16)26-14-30-28(34-26)24-12-20-10-22(20)32-24/h1-8,13-14,19-24,31-32H,9-12H2,(H,29,33)(H,30,34)/t19?,20?,21-,22-,23?,24?/m0/s1. The minimum atomic E-state index is 0.390. The maximum absolute atomic E-state index is 4.65. The molecule has 34 heavy (non-hydrogen) atoms. The Morgan fingerprint density at radius 1 is 0.529 bits per heavy atom. The van der Waals surface area contributed by atoms with Crippen molar-refractivity contribution in [3.8, 4) is 33.6 Å². The molecule has 4 unspecified atom stereocenters. The van der Waals surface area contributed by atoms with Gasteiger partial charge in [-0.1, -0.05) is 48.5 Å². The topological polar surface area (TPSA) is 81.4 Å². The number of rotatable bonds is 5. The van der Waals surface area contributed by atoms with Gasteiger partial charge in [0.15, 0.2) is 0 Å². The molecule has 6 heteroatoms.